The Balaban J connectivity index is 2.19. The average Bonchev–Trinajstić information content (AvgIpc) is 2.62. The Bertz CT molecular complexity index is 391. The number of hydrogen-bond acceptors (Lipinski definition) is 3. The number of carboxylic acid groups (broad SMARTS) is 1. The van der Waals surface area contributed by atoms with E-state index < -0.39 is 5.97 Å². The maximum absolute atomic E-state index is 10.5. The highest BCUT2D eigenvalue weighted by Crippen LogP contribution is 2.37. The first-order valence-corrected chi connectivity index (χ1v) is 5.34. The molecule has 0 amide bonds. The number of benzene rings is 1. The lowest BCUT2D eigenvalue weighted by Gasteiger charge is -2.07. The van der Waals surface area contributed by atoms with E-state index in [1.54, 1.807) is 12.1 Å². The van der Waals surface area contributed by atoms with Crippen molar-refractivity contribution in [3.63, 3.8) is 0 Å². The summed E-state index contributed by atoms with van der Waals surface area (Å²) < 4.78 is 10.4. The van der Waals surface area contributed by atoms with Crippen LogP contribution in [-0.2, 0) is 4.79 Å². The van der Waals surface area contributed by atoms with E-state index in [0.717, 1.165) is 5.56 Å². The van der Waals surface area contributed by atoms with Gasteiger partial charge in [-0.05, 0) is 17.7 Å². The molecular weight excluding hydrogens is 264 g/mol. The minimum atomic E-state index is -0.838. The largest absolute Gasteiger partial charge is 0.481 e. The number of ether oxygens (including phenoxy) is 2. The van der Waals surface area contributed by atoms with Gasteiger partial charge < -0.3 is 14.6 Å². The molecule has 1 unspecified atom stereocenters. The molecule has 1 atom stereocenters. The number of halogens is 1. The predicted molar refractivity (Wildman–Crippen MR) is 56.5 cm³/mol. The lowest BCUT2D eigenvalue weighted by Crippen LogP contribution is -2.00. The van der Waals surface area contributed by atoms with Gasteiger partial charge in [0.05, 0.1) is 11.2 Å². The molecule has 80 valence electrons. The Morgan fingerprint density at radius 2 is 2.20 bits per heavy atom. The van der Waals surface area contributed by atoms with Gasteiger partial charge in [-0.2, -0.15) is 0 Å². The van der Waals surface area contributed by atoms with E-state index in [9.17, 15) is 4.79 Å². The highest BCUT2D eigenvalue weighted by molar-refractivity contribution is 9.09. The second-order valence-electron chi connectivity index (χ2n) is 3.18. The van der Waals surface area contributed by atoms with Crippen LogP contribution in [0.3, 0.4) is 0 Å². The van der Waals surface area contributed by atoms with Gasteiger partial charge in [-0.3, -0.25) is 4.79 Å². The summed E-state index contributed by atoms with van der Waals surface area (Å²) >= 11 is 3.32. The first-order valence-electron chi connectivity index (χ1n) is 4.42. The molecule has 0 spiro atoms. The molecule has 5 heteroatoms. The van der Waals surface area contributed by atoms with E-state index in [2.05, 4.69) is 15.9 Å². The fourth-order valence-electron chi connectivity index (χ4n) is 1.38. The normalized spacial score (nSPS) is 15.0. The van der Waals surface area contributed by atoms with E-state index in [1.807, 2.05) is 6.07 Å². The van der Waals surface area contributed by atoms with Crippen molar-refractivity contribution in [2.24, 2.45) is 0 Å². The number of rotatable bonds is 3. The molecule has 4 nitrogen and oxygen atoms in total. The molecule has 2 rings (SSSR count). The van der Waals surface area contributed by atoms with E-state index in [-0.39, 0.29) is 18.0 Å². The number of fused-ring (bicyclic) bond motifs is 1. The van der Waals surface area contributed by atoms with E-state index in [4.69, 9.17) is 14.6 Å². The molecule has 0 saturated heterocycles. The zero-order valence-electron chi connectivity index (χ0n) is 7.77. The lowest BCUT2D eigenvalue weighted by molar-refractivity contribution is -0.136. The maximum atomic E-state index is 10.5. The van der Waals surface area contributed by atoms with Crippen molar-refractivity contribution in [1.82, 2.24) is 0 Å². The molecule has 15 heavy (non-hydrogen) atoms. The lowest BCUT2D eigenvalue weighted by atomic mass is 10.1. The SMILES string of the molecule is O=C(O)CC(Br)c1ccc2c(c1)OCO2. The Kier molecular flexibility index (Phi) is 2.81. The van der Waals surface area contributed by atoms with Crippen LogP contribution in [0.5, 0.6) is 11.5 Å². The zero-order valence-corrected chi connectivity index (χ0v) is 9.36. The second kappa shape index (κ2) is 4.10. The van der Waals surface area contributed by atoms with Crippen molar-refractivity contribution in [3.8, 4) is 11.5 Å². The Hall–Kier alpha value is -1.23. The quantitative estimate of drug-likeness (QED) is 0.859. The molecule has 1 heterocycles. The fraction of sp³-hybridized carbons (Fsp3) is 0.300. The summed E-state index contributed by atoms with van der Waals surface area (Å²) in [5.41, 5.74) is 0.877. The van der Waals surface area contributed by atoms with Gasteiger partial charge in [0.15, 0.2) is 11.5 Å². The van der Waals surface area contributed by atoms with E-state index in [0.29, 0.717) is 11.5 Å². The molecule has 0 saturated carbocycles. The van der Waals surface area contributed by atoms with Gasteiger partial charge in [0.25, 0.3) is 0 Å². The molecule has 0 aliphatic carbocycles. The number of hydrogen-bond donors (Lipinski definition) is 1. The third-order valence-electron chi connectivity index (χ3n) is 2.11. The van der Waals surface area contributed by atoms with Crippen LogP contribution in [-0.4, -0.2) is 17.9 Å². The smallest absolute Gasteiger partial charge is 0.304 e. The average molecular weight is 273 g/mol. The molecule has 1 aromatic carbocycles. The monoisotopic (exact) mass is 272 g/mol. The topological polar surface area (TPSA) is 55.8 Å². The van der Waals surface area contributed by atoms with E-state index >= 15 is 0 Å². The van der Waals surface area contributed by atoms with Crippen LogP contribution in [0, 0.1) is 0 Å². The molecule has 0 fully saturated rings. The summed E-state index contributed by atoms with van der Waals surface area (Å²) in [5.74, 6) is 0.533. The minimum absolute atomic E-state index is 0.0413. The summed E-state index contributed by atoms with van der Waals surface area (Å²) in [6.45, 7) is 0.227. The highest BCUT2D eigenvalue weighted by atomic mass is 79.9. The first kappa shape index (κ1) is 10.3. The number of alkyl halides is 1. The summed E-state index contributed by atoms with van der Waals surface area (Å²) in [7, 11) is 0. The molecule has 1 aromatic rings. The molecule has 1 aliphatic rings. The molecule has 0 aromatic heterocycles. The van der Waals surface area contributed by atoms with Crippen molar-refractivity contribution in [2.45, 2.75) is 11.2 Å². The zero-order chi connectivity index (χ0) is 10.8. The second-order valence-corrected chi connectivity index (χ2v) is 4.28. The highest BCUT2D eigenvalue weighted by Gasteiger charge is 2.17. The number of carboxylic acids is 1. The third kappa shape index (κ3) is 2.23. The summed E-state index contributed by atoms with van der Waals surface area (Å²) in [6.07, 6.45) is 0.0413. The third-order valence-corrected chi connectivity index (χ3v) is 2.96. The fourth-order valence-corrected chi connectivity index (χ4v) is 1.94. The van der Waals surface area contributed by atoms with Crippen molar-refractivity contribution in [3.05, 3.63) is 23.8 Å². The van der Waals surface area contributed by atoms with Crippen LogP contribution in [0.15, 0.2) is 18.2 Å². The van der Waals surface area contributed by atoms with Crippen molar-refractivity contribution in [1.29, 1.82) is 0 Å². The van der Waals surface area contributed by atoms with Crippen LogP contribution >= 0.6 is 15.9 Å². The van der Waals surface area contributed by atoms with Gasteiger partial charge in [-0.1, -0.05) is 22.0 Å². The number of carbonyl (C=O) groups is 1. The van der Waals surface area contributed by atoms with Crippen LogP contribution in [0.2, 0.25) is 0 Å². The molecule has 0 bridgehead atoms. The van der Waals surface area contributed by atoms with Crippen LogP contribution in [0.4, 0.5) is 0 Å². The van der Waals surface area contributed by atoms with Gasteiger partial charge in [-0.25, -0.2) is 0 Å². The van der Waals surface area contributed by atoms with Crippen molar-refractivity contribution >= 4 is 21.9 Å². The van der Waals surface area contributed by atoms with Crippen LogP contribution in [0.1, 0.15) is 16.8 Å². The van der Waals surface area contributed by atoms with Gasteiger partial charge in [-0.15, -0.1) is 0 Å². The Morgan fingerprint density at radius 1 is 1.47 bits per heavy atom. The van der Waals surface area contributed by atoms with E-state index in [1.165, 1.54) is 0 Å². The van der Waals surface area contributed by atoms with Crippen LogP contribution < -0.4 is 9.47 Å². The Labute approximate surface area is 94.9 Å². The standard InChI is InChI=1S/C10H9BrO4/c11-7(4-10(12)13)6-1-2-8-9(3-6)15-5-14-8/h1-3,7H,4-5H2,(H,12,13). The summed E-state index contributed by atoms with van der Waals surface area (Å²) in [6, 6.07) is 5.41. The first-order chi connectivity index (χ1) is 7.16. The van der Waals surface area contributed by atoms with Gasteiger partial charge >= 0.3 is 5.97 Å². The molecule has 1 aliphatic heterocycles. The summed E-state index contributed by atoms with van der Waals surface area (Å²) in [4.78, 5) is 10.3. The van der Waals surface area contributed by atoms with Gasteiger partial charge in [0.2, 0.25) is 6.79 Å². The summed E-state index contributed by atoms with van der Waals surface area (Å²) in [5, 5.41) is 8.65. The molecule has 0 radical (unpaired) electrons. The minimum Gasteiger partial charge on any atom is -0.481 e. The van der Waals surface area contributed by atoms with Gasteiger partial charge in [0.1, 0.15) is 0 Å². The van der Waals surface area contributed by atoms with Gasteiger partial charge in [0, 0.05) is 0 Å². The maximum Gasteiger partial charge on any atom is 0.304 e. The van der Waals surface area contributed by atoms with Crippen molar-refractivity contribution < 1.29 is 19.4 Å². The van der Waals surface area contributed by atoms with Crippen LogP contribution in [0.25, 0.3) is 0 Å². The Morgan fingerprint density at radius 3 is 2.93 bits per heavy atom. The van der Waals surface area contributed by atoms with Crippen molar-refractivity contribution in [2.75, 3.05) is 6.79 Å². The predicted octanol–water partition coefficient (Wildman–Crippen LogP) is 2.33. The molecular formula is C10H9BrO4. The number of aliphatic carboxylic acids is 1. The molecule has 1 N–H and O–H groups in total.